The van der Waals surface area contributed by atoms with E-state index in [2.05, 4.69) is 24.2 Å². The normalized spacial score (nSPS) is 13.8. The average molecular weight is 399 g/mol. The number of carbonyl (C=O) groups excluding carboxylic acids is 2. The lowest BCUT2D eigenvalue weighted by molar-refractivity contribution is 0.0219. The lowest BCUT2D eigenvalue weighted by Crippen LogP contribution is -2.40. The fourth-order valence-electron chi connectivity index (χ4n) is 3.42. The van der Waals surface area contributed by atoms with Crippen LogP contribution in [0.2, 0.25) is 0 Å². The molecule has 0 saturated heterocycles. The number of aryl methyl sites for hydroxylation is 1. The Balaban J connectivity index is 1.93. The number of benzene rings is 1. The second-order valence-corrected chi connectivity index (χ2v) is 8.23. The van der Waals surface area contributed by atoms with Gasteiger partial charge in [0.25, 0.3) is 0 Å². The van der Waals surface area contributed by atoms with Crippen molar-refractivity contribution in [2.75, 3.05) is 13.2 Å². The molecule has 1 aliphatic rings. The van der Waals surface area contributed by atoms with Crippen LogP contribution in [-0.4, -0.2) is 45.5 Å². The number of esters is 1. The second-order valence-electron chi connectivity index (χ2n) is 8.23. The molecule has 29 heavy (non-hydrogen) atoms. The number of hydrogen-bond donors (Lipinski definition) is 0. The highest BCUT2D eigenvalue weighted by molar-refractivity contribution is 5.89. The van der Waals surface area contributed by atoms with E-state index in [9.17, 15) is 9.59 Å². The van der Waals surface area contributed by atoms with Crippen molar-refractivity contribution in [3.8, 4) is 0 Å². The van der Waals surface area contributed by atoms with E-state index in [4.69, 9.17) is 9.47 Å². The average Bonchev–Trinajstić information content (AvgIpc) is 3.00. The standard InChI is InChI=1S/C22H29N3O4/c1-6-28-20(26)19-17-14-24(21(27)29-22(3,4)5)12-11-18(17)25(23-19)13-16-10-8-7-9-15(16)2/h7-10H,6,11-14H2,1-5H3. The van der Waals surface area contributed by atoms with Crippen LogP contribution in [0.4, 0.5) is 4.79 Å². The molecule has 3 rings (SSSR count). The zero-order chi connectivity index (χ0) is 21.2. The third kappa shape index (κ3) is 4.78. The van der Waals surface area contributed by atoms with E-state index < -0.39 is 11.6 Å². The molecule has 0 fully saturated rings. The summed E-state index contributed by atoms with van der Waals surface area (Å²) in [7, 11) is 0. The lowest BCUT2D eigenvalue weighted by atomic mass is 10.0. The Morgan fingerprint density at radius 2 is 1.93 bits per heavy atom. The zero-order valence-electron chi connectivity index (χ0n) is 17.8. The maximum atomic E-state index is 12.5. The molecule has 156 valence electrons. The maximum absolute atomic E-state index is 12.5. The predicted molar refractivity (Wildman–Crippen MR) is 109 cm³/mol. The highest BCUT2D eigenvalue weighted by Gasteiger charge is 2.32. The summed E-state index contributed by atoms with van der Waals surface area (Å²) in [6.07, 6.45) is 0.219. The van der Waals surface area contributed by atoms with Gasteiger partial charge in [0.15, 0.2) is 5.69 Å². The first-order chi connectivity index (χ1) is 13.7. The number of carbonyl (C=O) groups is 2. The van der Waals surface area contributed by atoms with Crippen LogP contribution in [0.3, 0.4) is 0 Å². The van der Waals surface area contributed by atoms with Crippen molar-refractivity contribution in [1.82, 2.24) is 14.7 Å². The van der Waals surface area contributed by atoms with E-state index in [-0.39, 0.29) is 24.9 Å². The summed E-state index contributed by atoms with van der Waals surface area (Å²) in [4.78, 5) is 26.7. The van der Waals surface area contributed by atoms with E-state index in [1.54, 1.807) is 11.8 Å². The van der Waals surface area contributed by atoms with Gasteiger partial charge in [0.1, 0.15) is 5.60 Å². The van der Waals surface area contributed by atoms with Crippen LogP contribution in [-0.2, 0) is 29.0 Å². The third-order valence-electron chi connectivity index (χ3n) is 4.84. The van der Waals surface area contributed by atoms with Crippen molar-refractivity contribution in [3.63, 3.8) is 0 Å². The molecule has 7 nitrogen and oxygen atoms in total. The molecular weight excluding hydrogens is 370 g/mol. The van der Waals surface area contributed by atoms with Gasteiger partial charge in [0.05, 0.1) is 19.7 Å². The van der Waals surface area contributed by atoms with Gasteiger partial charge in [0, 0.05) is 24.2 Å². The molecular formula is C22H29N3O4. The maximum Gasteiger partial charge on any atom is 0.410 e. The number of amides is 1. The van der Waals surface area contributed by atoms with Gasteiger partial charge in [-0.3, -0.25) is 4.68 Å². The first-order valence-electron chi connectivity index (χ1n) is 9.97. The minimum Gasteiger partial charge on any atom is -0.461 e. The molecule has 0 spiro atoms. The molecule has 0 aliphatic carbocycles. The topological polar surface area (TPSA) is 73.7 Å². The smallest absolute Gasteiger partial charge is 0.410 e. The Kier molecular flexibility index (Phi) is 5.96. The third-order valence-corrected chi connectivity index (χ3v) is 4.84. The number of aromatic nitrogens is 2. The molecule has 1 aliphatic heterocycles. The van der Waals surface area contributed by atoms with Gasteiger partial charge in [-0.25, -0.2) is 9.59 Å². The summed E-state index contributed by atoms with van der Waals surface area (Å²) in [5.74, 6) is -0.460. The molecule has 7 heteroatoms. The number of hydrogen-bond acceptors (Lipinski definition) is 5. The van der Waals surface area contributed by atoms with Gasteiger partial charge in [-0.2, -0.15) is 5.10 Å². The Bertz CT molecular complexity index is 911. The number of ether oxygens (including phenoxy) is 2. The van der Waals surface area contributed by atoms with Gasteiger partial charge >= 0.3 is 12.1 Å². The second kappa shape index (κ2) is 8.27. The molecule has 0 saturated carbocycles. The van der Waals surface area contributed by atoms with Crippen LogP contribution in [0.5, 0.6) is 0 Å². The quantitative estimate of drug-likeness (QED) is 0.733. The highest BCUT2D eigenvalue weighted by Crippen LogP contribution is 2.26. The zero-order valence-corrected chi connectivity index (χ0v) is 17.8. The summed E-state index contributed by atoms with van der Waals surface area (Å²) in [6, 6.07) is 8.11. The molecule has 1 amide bonds. The van der Waals surface area contributed by atoms with Gasteiger partial charge in [-0.15, -0.1) is 0 Å². The number of rotatable bonds is 4. The Morgan fingerprint density at radius 3 is 2.59 bits per heavy atom. The van der Waals surface area contributed by atoms with Gasteiger partial charge < -0.3 is 14.4 Å². The van der Waals surface area contributed by atoms with Crippen LogP contribution in [0.25, 0.3) is 0 Å². The summed E-state index contributed by atoms with van der Waals surface area (Å²) in [5, 5.41) is 4.58. The molecule has 2 heterocycles. The number of nitrogens with zero attached hydrogens (tertiary/aromatic N) is 3. The van der Waals surface area contributed by atoms with Gasteiger partial charge in [-0.05, 0) is 45.7 Å². The highest BCUT2D eigenvalue weighted by atomic mass is 16.6. The molecule has 0 unspecified atom stereocenters. The van der Waals surface area contributed by atoms with Crippen LogP contribution in [0, 0.1) is 6.92 Å². The first-order valence-corrected chi connectivity index (χ1v) is 9.97. The minimum absolute atomic E-state index is 0.272. The van der Waals surface area contributed by atoms with E-state index in [0.29, 0.717) is 19.5 Å². The molecule has 1 aromatic heterocycles. The van der Waals surface area contributed by atoms with Gasteiger partial charge in [0.2, 0.25) is 0 Å². The van der Waals surface area contributed by atoms with Crippen molar-refractivity contribution >= 4 is 12.1 Å². The van der Waals surface area contributed by atoms with Crippen molar-refractivity contribution in [2.45, 2.75) is 59.7 Å². The summed E-state index contributed by atoms with van der Waals surface area (Å²) < 4.78 is 12.6. The van der Waals surface area contributed by atoms with Crippen LogP contribution in [0.15, 0.2) is 24.3 Å². The van der Waals surface area contributed by atoms with E-state index in [1.165, 1.54) is 5.56 Å². The lowest BCUT2D eigenvalue weighted by Gasteiger charge is -2.30. The largest absolute Gasteiger partial charge is 0.461 e. The molecule has 0 radical (unpaired) electrons. The minimum atomic E-state index is -0.573. The summed E-state index contributed by atoms with van der Waals surface area (Å²) in [6.45, 7) is 11.0. The SMILES string of the molecule is CCOC(=O)c1nn(Cc2ccccc2C)c2c1CN(C(=O)OC(C)(C)C)CC2. The Hall–Kier alpha value is -2.83. The van der Waals surface area contributed by atoms with Crippen molar-refractivity contribution in [2.24, 2.45) is 0 Å². The van der Waals surface area contributed by atoms with E-state index in [1.807, 2.05) is 37.6 Å². The molecule has 0 bridgehead atoms. The summed E-state index contributed by atoms with van der Waals surface area (Å²) >= 11 is 0. The summed E-state index contributed by atoms with van der Waals surface area (Å²) in [5.41, 5.74) is 3.73. The predicted octanol–water partition coefficient (Wildman–Crippen LogP) is 3.71. The molecule has 0 N–H and O–H groups in total. The molecule has 2 aromatic rings. The Labute approximate surface area is 171 Å². The first kappa shape index (κ1) is 20.9. The fraction of sp³-hybridized carbons (Fsp3) is 0.500. The number of fused-ring (bicyclic) bond motifs is 1. The van der Waals surface area contributed by atoms with Crippen LogP contribution < -0.4 is 0 Å². The van der Waals surface area contributed by atoms with Gasteiger partial charge in [-0.1, -0.05) is 24.3 Å². The Morgan fingerprint density at radius 1 is 1.21 bits per heavy atom. The van der Waals surface area contributed by atoms with E-state index >= 15 is 0 Å². The van der Waals surface area contributed by atoms with Crippen LogP contribution >= 0.6 is 0 Å². The monoisotopic (exact) mass is 399 g/mol. The van der Waals surface area contributed by atoms with Crippen molar-refractivity contribution in [3.05, 3.63) is 52.3 Å². The molecule has 0 atom stereocenters. The van der Waals surface area contributed by atoms with Crippen molar-refractivity contribution < 1.29 is 19.1 Å². The van der Waals surface area contributed by atoms with Crippen LogP contribution in [0.1, 0.15) is 60.6 Å². The van der Waals surface area contributed by atoms with E-state index in [0.717, 1.165) is 16.8 Å². The molecule has 1 aromatic carbocycles. The fourth-order valence-corrected chi connectivity index (χ4v) is 3.42. The van der Waals surface area contributed by atoms with Crippen molar-refractivity contribution in [1.29, 1.82) is 0 Å².